The van der Waals surface area contributed by atoms with Crippen LogP contribution in [-0.2, 0) is 0 Å². The Balaban J connectivity index is 0. The number of hydrogen-bond acceptors (Lipinski definition) is 2. The minimum absolute atomic E-state index is 0. The monoisotopic (exact) mass is 246 g/mol. The first kappa shape index (κ1) is 18.8. The molecule has 1 heterocycles. The molecule has 0 aliphatic carbocycles. The van der Waals surface area contributed by atoms with Crippen LogP contribution in [0.2, 0.25) is 0 Å². The summed E-state index contributed by atoms with van der Waals surface area (Å²) in [7, 11) is -6.00. The first-order valence-corrected chi connectivity index (χ1v) is 5.04. The molecule has 0 aromatic carbocycles. The van der Waals surface area contributed by atoms with Crippen LogP contribution < -0.4 is 18.9 Å². The molecule has 0 aromatic rings. The Morgan fingerprint density at radius 1 is 1.29 bits per heavy atom. The summed E-state index contributed by atoms with van der Waals surface area (Å²) in [6.07, 6.45) is 8.57. The fourth-order valence-corrected chi connectivity index (χ4v) is 1.11. The van der Waals surface area contributed by atoms with Gasteiger partial charge in [0.2, 0.25) is 0 Å². The van der Waals surface area contributed by atoms with Crippen molar-refractivity contribution in [1.29, 1.82) is 0 Å². The van der Waals surface area contributed by atoms with Gasteiger partial charge < -0.3 is 27.1 Å². The minimum Gasteiger partial charge on any atom is -0.418 e. The molecule has 0 amide bonds. The van der Waals surface area contributed by atoms with Crippen LogP contribution >= 0.6 is 0 Å². The zero-order valence-corrected chi connectivity index (χ0v) is 10.3. The second-order valence-corrected chi connectivity index (χ2v) is 3.30. The molecule has 0 N–H and O–H groups in total. The minimum atomic E-state index is -6.00. The molecular weight excluding hydrogens is 230 g/mol. The van der Waals surface area contributed by atoms with E-state index in [2.05, 4.69) is 35.7 Å². The second kappa shape index (κ2) is 9.49. The molecular formula is C9H16BF4LiN2. The van der Waals surface area contributed by atoms with Crippen molar-refractivity contribution in [3.05, 3.63) is 25.2 Å². The Labute approximate surface area is 112 Å². The third-order valence-corrected chi connectivity index (χ3v) is 1.85. The van der Waals surface area contributed by atoms with Crippen LogP contribution in [0, 0.1) is 0 Å². The molecule has 1 aliphatic heterocycles. The van der Waals surface area contributed by atoms with Crippen molar-refractivity contribution in [2.45, 2.75) is 19.8 Å². The van der Waals surface area contributed by atoms with Crippen molar-refractivity contribution in [1.82, 2.24) is 9.80 Å². The van der Waals surface area contributed by atoms with E-state index in [0.29, 0.717) is 0 Å². The Morgan fingerprint density at radius 2 is 1.82 bits per heavy atom. The summed E-state index contributed by atoms with van der Waals surface area (Å²) in [6, 6.07) is 0. The van der Waals surface area contributed by atoms with E-state index in [0.717, 1.165) is 13.2 Å². The van der Waals surface area contributed by atoms with Crippen molar-refractivity contribution in [2.75, 3.05) is 13.2 Å². The molecule has 94 valence electrons. The number of unbranched alkanes of at least 4 members (excludes halogenated alkanes) is 1. The van der Waals surface area contributed by atoms with Gasteiger partial charge in [-0.05, 0) is 12.6 Å². The van der Waals surface area contributed by atoms with Crippen molar-refractivity contribution in [3.8, 4) is 0 Å². The van der Waals surface area contributed by atoms with Crippen LogP contribution in [0.4, 0.5) is 17.3 Å². The van der Waals surface area contributed by atoms with Gasteiger partial charge in [-0.3, -0.25) is 0 Å². The zero-order chi connectivity index (χ0) is 12.6. The molecule has 0 saturated heterocycles. The van der Waals surface area contributed by atoms with Crippen LogP contribution in [-0.4, -0.2) is 30.3 Å². The second-order valence-electron chi connectivity index (χ2n) is 3.30. The van der Waals surface area contributed by atoms with E-state index in [9.17, 15) is 17.3 Å². The molecule has 2 nitrogen and oxygen atoms in total. The summed E-state index contributed by atoms with van der Waals surface area (Å²) >= 11 is 0. The predicted molar refractivity (Wildman–Crippen MR) is 57.8 cm³/mol. The Hall–Kier alpha value is -0.538. The first-order chi connectivity index (χ1) is 7.36. The maximum Gasteiger partial charge on any atom is 1.00 e. The molecule has 0 fully saturated rings. The van der Waals surface area contributed by atoms with E-state index >= 15 is 0 Å². The summed E-state index contributed by atoms with van der Waals surface area (Å²) < 4.78 is 39.0. The standard InChI is InChI=1S/C9H16N2.BF4.Li/c1-3-5-6-11-8-7-10(4-2)9-11;2-1(3,4)5;/h4,7-8H,2-3,5-6,9H2,1H3;;/q;-1;+1. The smallest absolute Gasteiger partial charge is 0.418 e. The van der Waals surface area contributed by atoms with Gasteiger partial charge >= 0.3 is 26.1 Å². The van der Waals surface area contributed by atoms with E-state index in [1.807, 2.05) is 6.20 Å². The fourth-order valence-electron chi connectivity index (χ4n) is 1.11. The van der Waals surface area contributed by atoms with Gasteiger partial charge in [-0.2, -0.15) is 0 Å². The average Bonchev–Trinajstić information content (AvgIpc) is 2.59. The Bertz CT molecular complexity index is 230. The third-order valence-electron chi connectivity index (χ3n) is 1.85. The molecule has 0 saturated carbocycles. The van der Waals surface area contributed by atoms with E-state index in [1.54, 1.807) is 0 Å². The number of nitrogens with zero attached hydrogens (tertiary/aromatic N) is 2. The van der Waals surface area contributed by atoms with Crippen LogP contribution in [0.3, 0.4) is 0 Å². The third kappa shape index (κ3) is 13.4. The van der Waals surface area contributed by atoms with Gasteiger partial charge in [0.15, 0.2) is 0 Å². The van der Waals surface area contributed by atoms with Crippen molar-refractivity contribution >= 4 is 7.25 Å². The molecule has 17 heavy (non-hydrogen) atoms. The molecule has 0 unspecified atom stereocenters. The molecule has 0 spiro atoms. The number of hydrogen-bond donors (Lipinski definition) is 0. The van der Waals surface area contributed by atoms with Crippen LogP contribution in [0.25, 0.3) is 0 Å². The largest absolute Gasteiger partial charge is 1.00 e. The van der Waals surface area contributed by atoms with Crippen LogP contribution in [0.1, 0.15) is 19.8 Å². The number of halogens is 4. The first-order valence-electron chi connectivity index (χ1n) is 5.04. The SMILES string of the molecule is C=CN1C=CN(CCCC)C1.F[B-](F)(F)F.[Li+]. The van der Waals surface area contributed by atoms with Crippen molar-refractivity contribution < 1.29 is 36.1 Å². The van der Waals surface area contributed by atoms with Gasteiger partial charge in [-0.25, -0.2) is 0 Å². The van der Waals surface area contributed by atoms with Gasteiger partial charge in [0.25, 0.3) is 0 Å². The van der Waals surface area contributed by atoms with Gasteiger partial charge in [-0.15, -0.1) is 0 Å². The summed E-state index contributed by atoms with van der Waals surface area (Å²) in [5.74, 6) is 0. The van der Waals surface area contributed by atoms with Crippen LogP contribution in [0.15, 0.2) is 25.2 Å². The quantitative estimate of drug-likeness (QED) is 0.519. The van der Waals surface area contributed by atoms with Gasteiger partial charge in [0, 0.05) is 18.9 Å². The summed E-state index contributed by atoms with van der Waals surface area (Å²) in [5.41, 5.74) is 0. The maximum atomic E-state index is 9.75. The summed E-state index contributed by atoms with van der Waals surface area (Å²) in [6.45, 7) is 8.06. The predicted octanol–water partition coefficient (Wildman–Crippen LogP) is 0.280. The molecule has 1 rings (SSSR count). The molecule has 1 aliphatic rings. The van der Waals surface area contributed by atoms with E-state index < -0.39 is 7.25 Å². The van der Waals surface area contributed by atoms with E-state index in [4.69, 9.17) is 0 Å². The molecule has 0 atom stereocenters. The summed E-state index contributed by atoms with van der Waals surface area (Å²) in [4.78, 5) is 4.38. The number of rotatable bonds is 4. The fraction of sp³-hybridized carbons (Fsp3) is 0.556. The van der Waals surface area contributed by atoms with Gasteiger partial charge in [0.1, 0.15) is 0 Å². The van der Waals surface area contributed by atoms with E-state index in [1.165, 1.54) is 12.8 Å². The average molecular weight is 246 g/mol. The summed E-state index contributed by atoms with van der Waals surface area (Å²) in [5, 5.41) is 0. The van der Waals surface area contributed by atoms with Crippen molar-refractivity contribution in [2.24, 2.45) is 0 Å². The van der Waals surface area contributed by atoms with Gasteiger partial charge in [0.05, 0.1) is 6.67 Å². The van der Waals surface area contributed by atoms with Crippen LogP contribution in [0.5, 0.6) is 0 Å². The van der Waals surface area contributed by atoms with Gasteiger partial charge in [-0.1, -0.05) is 19.9 Å². The molecule has 8 heteroatoms. The maximum absolute atomic E-state index is 9.75. The normalized spacial score (nSPS) is 13.9. The molecule has 0 bridgehead atoms. The van der Waals surface area contributed by atoms with Crippen molar-refractivity contribution in [3.63, 3.8) is 0 Å². The molecule has 0 radical (unpaired) electrons. The Kier molecular flexibility index (Phi) is 10.5. The molecule has 0 aromatic heterocycles. The Morgan fingerprint density at radius 3 is 2.18 bits per heavy atom. The zero-order valence-electron chi connectivity index (χ0n) is 10.3. The van der Waals surface area contributed by atoms with E-state index in [-0.39, 0.29) is 18.9 Å². The topological polar surface area (TPSA) is 6.48 Å².